The van der Waals surface area contributed by atoms with Crippen molar-refractivity contribution in [2.24, 2.45) is 11.3 Å². The molecule has 0 spiro atoms. The second kappa shape index (κ2) is 7.78. The van der Waals surface area contributed by atoms with Crippen LogP contribution in [0.25, 0.3) is 0 Å². The van der Waals surface area contributed by atoms with Crippen molar-refractivity contribution >= 4 is 34.0 Å². The second-order valence-electron chi connectivity index (χ2n) is 8.25. The van der Waals surface area contributed by atoms with Gasteiger partial charge < -0.3 is 5.32 Å². The van der Waals surface area contributed by atoms with Crippen LogP contribution in [-0.4, -0.2) is 27.8 Å². The normalized spacial score (nSPS) is 17.7. The largest absolute Gasteiger partial charge is 0.347 e. The van der Waals surface area contributed by atoms with Gasteiger partial charge in [-0.05, 0) is 25.2 Å². The molecule has 1 unspecified atom stereocenters. The van der Waals surface area contributed by atoms with Crippen molar-refractivity contribution in [1.82, 2.24) is 15.3 Å². The summed E-state index contributed by atoms with van der Waals surface area (Å²) in [5, 5.41) is 3.18. The summed E-state index contributed by atoms with van der Waals surface area (Å²) < 4.78 is 27.3. The standard InChI is InChI=1S/C20H24F2N4O2S/c1-10(2)18(28)26(12-8-14(21)24-15(22)9-12)19-25-16(11(3)29-19)17(27)23-13-6-7-20(13,4)5/h8-10,13H,6-7H2,1-5H3,(H,23,27). The number of anilines is 2. The molecule has 1 N–H and O–H groups in total. The van der Waals surface area contributed by atoms with Crippen molar-refractivity contribution in [2.45, 2.75) is 53.5 Å². The van der Waals surface area contributed by atoms with Crippen molar-refractivity contribution in [1.29, 1.82) is 0 Å². The van der Waals surface area contributed by atoms with E-state index in [1.165, 1.54) is 0 Å². The molecule has 2 heterocycles. The van der Waals surface area contributed by atoms with Gasteiger partial charge in [-0.1, -0.05) is 27.7 Å². The minimum absolute atomic E-state index is 0.0189. The number of nitrogens with zero attached hydrogens (tertiary/aromatic N) is 3. The number of aromatic nitrogens is 2. The second-order valence-corrected chi connectivity index (χ2v) is 9.44. The number of rotatable bonds is 5. The molecule has 0 bridgehead atoms. The Hall–Kier alpha value is -2.42. The number of nitrogens with one attached hydrogen (secondary N) is 1. The third-order valence-electron chi connectivity index (χ3n) is 5.24. The Kier molecular flexibility index (Phi) is 5.71. The van der Waals surface area contributed by atoms with E-state index >= 15 is 0 Å². The Bertz CT molecular complexity index is 938. The molecule has 156 valence electrons. The highest BCUT2D eigenvalue weighted by Crippen LogP contribution is 2.40. The zero-order valence-electron chi connectivity index (χ0n) is 17.0. The van der Waals surface area contributed by atoms with Crippen molar-refractivity contribution in [3.05, 3.63) is 34.6 Å². The summed E-state index contributed by atoms with van der Waals surface area (Å²) in [4.78, 5) is 34.7. The fourth-order valence-electron chi connectivity index (χ4n) is 3.22. The topological polar surface area (TPSA) is 75.2 Å². The van der Waals surface area contributed by atoms with Gasteiger partial charge in [0.2, 0.25) is 17.8 Å². The quantitative estimate of drug-likeness (QED) is 0.727. The smallest absolute Gasteiger partial charge is 0.271 e. The Labute approximate surface area is 172 Å². The molecular weight excluding hydrogens is 398 g/mol. The van der Waals surface area contributed by atoms with Gasteiger partial charge in [0, 0.05) is 29.0 Å². The minimum atomic E-state index is -1.04. The highest BCUT2D eigenvalue weighted by Gasteiger charge is 2.40. The zero-order valence-corrected chi connectivity index (χ0v) is 17.9. The van der Waals surface area contributed by atoms with Crippen LogP contribution in [0.2, 0.25) is 0 Å². The first kappa shape index (κ1) is 21.3. The predicted molar refractivity (Wildman–Crippen MR) is 107 cm³/mol. The van der Waals surface area contributed by atoms with Gasteiger partial charge in [0.05, 0.1) is 5.69 Å². The molecule has 2 amide bonds. The average Bonchev–Trinajstić information content (AvgIpc) is 2.99. The molecule has 29 heavy (non-hydrogen) atoms. The van der Waals surface area contributed by atoms with Crippen LogP contribution in [0.5, 0.6) is 0 Å². The van der Waals surface area contributed by atoms with Crippen molar-refractivity contribution in [3.8, 4) is 0 Å². The summed E-state index contributed by atoms with van der Waals surface area (Å²) in [7, 11) is 0. The molecule has 0 radical (unpaired) electrons. The number of amides is 2. The van der Waals surface area contributed by atoms with Crippen LogP contribution in [-0.2, 0) is 4.79 Å². The van der Waals surface area contributed by atoms with E-state index in [0.29, 0.717) is 4.88 Å². The molecule has 2 aromatic rings. The number of hydrogen-bond acceptors (Lipinski definition) is 5. The predicted octanol–water partition coefficient (Wildman–Crippen LogP) is 4.36. The van der Waals surface area contributed by atoms with Crippen LogP contribution < -0.4 is 10.2 Å². The summed E-state index contributed by atoms with van der Waals surface area (Å²) in [5.74, 6) is -3.24. The maximum atomic E-state index is 13.7. The van der Waals surface area contributed by atoms with E-state index < -0.39 is 23.7 Å². The van der Waals surface area contributed by atoms with Crippen LogP contribution in [0.3, 0.4) is 0 Å². The molecule has 9 heteroatoms. The van der Waals surface area contributed by atoms with E-state index in [4.69, 9.17) is 0 Å². The van der Waals surface area contributed by atoms with Gasteiger partial charge in [-0.3, -0.25) is 14.5 Å². The van der Waals surface area contributed by atoms with Crippen LogP contribution in [0, 0.1) is 30.2 Å². The van der Waals surface area contributed by atoms with Crippen LogP contribution in [0.4, 0.5) is 19.6 Å². The highest BCUT2D eigenvalue weighted by atomic mass is 32.1. The lowest BCUT2D eigenvalue weighted by Gasteiger charge is -2.44. The monoisotopic (exact) mass is 422 g/mol. The minimum Gasteiger partial charge on any atom is -0.347 e. The highest BCUT2D eigenvalue weighted by molar-refractivity contribution is 7.16. The molecule has 6 nitrogen and oxygen atoms in total. The summed E-state index contributed by atoms with van der Waals surface area (Å²) in [5.41, 5.74) is 0.229. The number of pyridine rings is 1. The van der Waals surface area contributed by atoms with E-state index in [0.717, 1.165) is 41.2 Å². The number of thiazole rings is 1. The third kappa shape index (κ3) is 4.29. The Balaban J connectivity index is 1.96. The fourth-order valence-corrected chi connectivity index (χ4v) is 4.15. The van der Waals surface area contributed by atoms with Gasteiger partial charge in [-0.2, -0.15) is 13.8 Å². The lowest BCUT2D eigenvalue weighted by Crippen LogP contribution is -2.52. The van der Waals surface area contributed by atoms with Gasteiger partial charge in [0.1, 0.15) is 5.69 Å². The molecule has 1 atom stereocenters. The first-order valence-electron chi connectivity index (χ1n) is 9.45. The lowest BCUT2D eigenvalue weighted by atomic mass is 9.67. The zero-order chi connectivity index (χ0) is 21.5. The average molecular weight is 423 g/mol. The molecule has 2 aromatic heterocycles. The Morgan fingerprint density at radius 2 is 1.86 bits per heavy atom. The Morgan fingerprint density at radius 3 is 2.34 bits per heavy atom. The van der Waals surface area contributed by atoms with E-state index in [1.54, 1.807) is 20.8 Å². The lowest BCUT2D eigenvalue weighted by molar-refractivity contribution is -0.120. The van der Waals surface area contributed by atoms with E-state index in [9.17, 15) is 18.4 Å². The van der Waals surface area contributed by atoms with Crippen LogP contribution >= 0.6 is 11.3 Å². The van der Waals surface area contributed by atoms with Gasteiger partial charge in [0.25, 0.3) is 5.91 Å². The molecule has 0 aromatic carbocycles. The molecule has 0 saturated heterocycles. The summed E-state index contributed by atoms with van der Waals surface area (Å²) in [6.45, 7) is 9.27. The van der Waals surface area contributed by atoms with Gasteiger partial charge in [0.15, 0.2) is 5.13 Å². The number of aryl methyl sites for hydroxylation is 1. The summed E-state index contributed by atoms with van der Waals surface area (Å²) in [6.07, 6.45) is 1.94. The van der Waals surface area contributed by atoms with Gasteiger partial charge >= 0.3 is 0 Å². The van der Waals surface area contributed by atoms with E-state index in [1.807, 2.05) is 0 Å². The third-order valence-corrected chi connectivity index (χ3v) is 6.19. The fraction of sp³-hybridized carbons (Fsp3) is 0.500. The molecule has 1 aliphatic carbocycles. The number of halogens is 2. The molecule has 1 saturated carbocycles. The molecule has 1 aliphatic rings. The molecule has 0 aliphatic heterocycles. The van der Waals surface area contributed by atoms with Crippen LogP contribution in [0.15, 0.2) is 12.1 Å². The first-order valence-corrected chi connectivity index (χ1v) is 10.3. The number of carbonyl (C=O) groups is 2. The first-order chi connectivity index (χ1) is 13.5. The maximum Gasteiger partial charge on any atom is 0.271 e. The van der Waals surface area contributed by atoms with E-state index in [-0.39, 0.29) is 33.9 Å². The van der Waals surface area contributed by atoms with Crippen LogP contribution in [0.1, 0.15) is 55.9 Å². The summed E-state index contributed by atoms with van der Waals surface area (Å²) >= 11 is 1.12. The van der Waals surface area contributed by atoms with Gasteiger partial charge in [-0.15, -0.1) is 11.3 Å². The number of hydrogen-bond donors (Lipinski definition) is 1. The van der Waals surface area contributed by atoms with Crippen molar-refractivity contribution in [3.63, 3.8) is 0 Å². The summed E-state index contributed by atoms with van der Waals surface area (Å²) in [6, 6.07) is 2.00. The van der Waals surface area contributed by atoms with Gasteiger partial charge in [-0.25, -0.2) is 4.98 Å². The molecule has 1 fully saturated rings. The molecular formula is C20H24F2N4O2S. The van der Waals surface area contributed by atoms with Crippen molar-refractivity contribution in [2.75, 3.05) is 4.90 Å². The Morgan fingerprint density at radius 1 is 1.24 bits per heavy atom. The van der Waals surface area contributed by atoms with E-state index in [2.05, 4.69) is 29.1 Å². The number of carbonyl (C=O) groups excluding carboxylic acids is 2. The maximum absolute atomic E-state index is 13.7. The SMILES string of the molecule is Cc1sc(N(C(=O)C(C)C)c2cc(F)nc(F)c2)nc1C(=O)NC1CCC1(C)C. The van der Waals surface area contributed by atoms with Crippen molar-refractivity contribution < 1.29 is 18.4 Å². The molecule has 3 rings (SSSR count).